The molecule has 1 aliphatic carbocycles. The summed E-state index contributed by atoms with van der Waals surface area (Å²) in [6, 6.07) is 3.03. The number of hydrogen-bond donors (Lipinski definition) is 2. The molecule has 8 nitrogen and oxygen atoms in total. The number of anilines is 1. The van der Waals surface area contributed by atoms with Crippen LogP contribution in [0.1, 0.15) is 25.3 Å². The summed E-state index contributed by atoms with van der Waals surface area (Å²) in [5.41, 5.74) is -1.81. The monoisotopic (exact) mass is 413 g/mol. The number of esters is 1. The number of urea groups is 1. The van der Waals surface area contributed by atoms with Crippen LogP contribution in [0.2, 0.25) is 0 Å². The summed E-state index contributed by atoms with van der Waals surface area (Å²) in [6.45, 7) is 0.248. The van der Waals surface area contributed by atoms with Gasteiger partial charge in [0.2, 0.25) is 0 Å². The molecular formula is C18H18F3N3O5. The number of nitrogens with one attached hydrogen (secondary N) is 2. The maximum atomic E-state index is 12.5. The third-order valence-electron chi connectivity index (χ3n) is 4.84. The fourth-order valence-electron chi connectivity index (χ4n) is 3.06. The van der Waals surface area contributed by atoms with E-state index in [0.29, 0.717) is 0 Å². The molecule has 29 heavy (non-hydrogen) atoms. The number of halogens is 3. The summed E-state index contributed by atoms with van der Waals surface area (Å²) in [6.07, 6.45) is -2.87. The van der Waals surface area contributed by atoms with E-state index in [1.54, 1.807) is 6.92 Å². The van der Waals surface area contributed by atoms with Crippen molar-refractivity contribution in [3.05, 3.63) is 29.8 Å². The van der Waals surface area contributed by atoms with Gasteiger partial charge in [0.15, 0.2) is 6.61 Å². The van der Waals surface area contributed by atoms with E-state index < -0.39 is 54.2 Å². The van der Waals surface area contributed by atoms with Gasteiger partial charge in [-0.2, -0.15) is 13.2 Å². The quantitative estimate of drug-likeness (QED) is 0.548. The molecule has 0 aromatic heterocycles. The van der Waals surface area contributed by atoms with Crippen molar-refractivity contribution in [3.8, 4) is 0 Å². The molecule has 4 amide bonds. The van der Waals surface area contributed by atoms with Crippen molar-refractivity contribution in [2.24, 2.45) is 5.92 Å². The van der Waals surface area contributed by atoms with E-state index in [4.69, 9.17) is 4.74 Å². The number of rotatable bonds is 6. The minimum Gasteiger partial charge on any atom is -0.454 e. The lowest BCUT2D eigenvalue weighted by molar-refractivity contribution is -0.150. The molecule has 1 saturated heterocycles. The fraction of sp³-hybridized carbons (Fsp3) is 0.444. The summed E-state index contributed by atoms with van der Waals surface area (Å²) in [4.78, 5) is 48.8. The number of ether oxygens (including phenoxy) is 1. The summed E-state index contributed by atoms with van der Waals surface area (Å²) in [5, 5.41) is 4.86. The molecule has 0 bridgehead atoms. The maximum absolute atomic E-state index is 12.5. The van der Waals surface area contributed by atoms with E-state index in [0.717, 1.165) is 42.0 Å². The molecule has 0 radical (unpaired) electrons. The SMILES string of the molecule is C[C@]1(C2CC2)NC(=O)N(CC(=O)OCC(=O)Nc2ccc(C(F)(F)F)cc2)C1=O. The Hall–Kier alpha value is -3.11. The molecule has 1 saturated carbocycles. The third kappa shape index (κ3) is 4.49. The van der Waals surface area contributed by atoms with E-state index in [-0.39, 0.29) is 11.6 Å². The van der Waals surface area contributed by atoms with Gasteiger partial charge in [0.05, 0.1) is 5.56 Å². The summed E-state index contributed by atoms with van der Waals surface area (Å²) in [5.74, 6) is -2.22. The van der Waals surface area contributed by atoms with Crippen molar-refractivity contribution < 1.29 is 37.1 Å². The van der Waals surface area contributed by atoms with Crippen molar-refractivity contribution in [1.82, 2.24) is 10.2 Å². The number of imide groups is 1. The van der Waals surface area contributed by atoms with Crippen LogP contribution in [-0.2, 0) is 25.3 Å². The zero-order valence-corrected chi connectivity index (χ0v) is 15.3. The lowest BCUT2D eigenvalue weighted by Gasteiger charge is -2.20. The van der Waals surface area contributed by atoms with E-state index in [1.165, 1.54) is 0 Å². The normalized spacial score (nSPS) is 21.7. The molecule has 1 aromatic rings. The van der Waals surface area contributed by atoms with E-state index in [9.17, 15) is 32.3 Å². The molecule has 2 aliphatic rings. The minimum atomic E-state index is -4.49. The Bertz CT molecular complexity index is 851. The van der Waals surface area contributed by atoms with Gasteiger partial charge in [0.1, 0.15) is 12.1 Å². The molecule has 0 spiro atoms. The molecule has 0 unspecified atom stereocenters. The second-order valence-corrected chi connectivity index (χ2v) is 7.08. The zero-order valence-electron chi connectivity index (χ0n) is 15.3. The van der Waals surface area contributed by atoms with Crippen LogP contribution in [-0.4, -0.2) is 47.4 Å². The van der Waals surface area contributed by atoms with Crippen LogP contribution in [0.3, 0.4) is 0 Å². The second-order valence-electron chi connectivity index (χ2n) is 7.08. The Morgan fingerprint density at radius 1 is 1.24 bits per heavy atom. The van der Waals surface area contributed by atoms with Crippen LogP contribution < -0.4 is 10.6 Å². The number of benzene rings is 1. The van der Waals surface area contributed by atoms with Gasteiger partial charge in [0.25, 0.3) is 11.8 Å². The predicted octanol–water partition coefficient (Wildman–Crippen LogP) is 1.91. The first-order chi connectivity index (χ1) is 13.5. The van der Waals surface area contributed by atoms with Gasteiger partial charge in [-0.15, -0.1) is 0 Å². The van der Waals surface area contributed by atoms with Gasteiger partial charge in [-0.05, 0) is 49.9 Å². The maximum Gasteiger partial charge on any atom is 0.416 e. The van der Waals surface area contributed by atoms with Gasteiger partial charge < -0.3 is 15.4 Å². The summed E-state index contributed by atoms with van der Waals surface area (Å²) in [7, 11) is 0. The number of nitrogens with zero attached hydrogens (tertiary/aromatic N) is 1. The van der Waals surface area contributed by atoms with Gasteiger partial charge in [-0.25, -0.2) is 4.79 Å². The van der Waals surface area contributed by atoms with Crippen LogP contribution in [0.15, 0.2) is 24.3 Å². The Morgan fingerprint density at radius 2 is 1.86 bits per heavy atom. The Labute approximate surface area is 163 Å². The van der Waals surface area contributed by atoms with Crippen molar-refractivity contribution in [3.63, 3.8) is 0 Å². The third-order valence-corrected chi connectivity index (χ3v) is 4.84. The number of hydrogen-bond acceptors (Lipinski definition) is 5. The van der Waals surface area contributed by atoms with Crippen LogP contribution in [0.4, 0.5) is 23.7 Å². The van der Waals surface area contributed by atoms with Crippen molar-refractivity contribution >= 4 is 29.5 Å². The Balaban J connectivity index is 1.47. The number of amides is 4. The first-order valence-electron chi connectivity index (χ1n) is 8.77. The van der Waals surface area contributed by atoms with Gasteiger partial charge in [-0.3, -0.25) is 19.3 Å². The van der Waals surface area contributed by atoms with Gasteiger partial charge in [-0.1, -0.05) is 0 Å². The molecule has 3 rings (SSSR count). The highest BCUT2D eigenvalue weighted by atomic mass is 19.4. The lowest BCUT2D eigenvalue weighted by Crippen LogP contribution is -2.46. The van der Waals surface area contributed by atoms with Crippen LogP contribution in [0, 0.1) is 5.92 Å². The van der Waals surface area contributed by atoms with Gasteiger partial charge in [0, 0.05) is 5.69 Å². The topological polar surface area (TPSA) is 105 Å². The smallest absolute Gasteiger partial charge is 0.416 e. The number of carbonyl (C=O) groups excluding carboxylic acids is 4. The molecule has 2 fully saturated rings. The highest BCUT2D eigenvalue weighted by Crippen LogP contribution is 2.42. The largest absolute Gasteiger partial charge is 0.454 e. The van der Waals surface area contributed by atoms with Gasteiger partial charge >= 0.3 is 18.2 Å². The van der Waals surface area contributed by atoms with Crippen LogP contribution in [0.5, 0.6) is 0 Å². The fourth-order valence-corrected chi connectivity index (χ4v) is 3.06. The van der Waals surface area contributed by atoms with Crippen molar-refractivity contribution in [2.75, 3.05) is 18.5 Å². The molecular weight excluding hydrogens is 395 g/mol. The highest BCUT2D eigenvalue weighted by Gasteiger charge is 2.56. The summed E-state index contributed by atoms with van der Waals surface area (Å²) < 4.78 is 42.3. The molecule has 1 aromatic carbocycles. The molecule has 1 atom stereocenters. The zero-order chi connectivity index (χ0) is 21.4. The van der Waals surface area contributed by atoms with Crippen molar-refractivity contribution in [2.45, 2.75) is 31.5 Å². The molecule has 2 N–H and O–H groups in total. The standard InChI is InChI=1S/C18H18F3N3O5/c1-17(10-2-3-10)15(27)24(16(28)23-17)8-14(26)29-9-13(25)22-12-6-4-11(5-7-12)18(19,20)21/h4-7,10H,2-3,8-9H2,1H3,(H,22,25)(H,23,28)/t17-/m1/s1. The minimum absolute atomic E-state index is 0.0366. The number of alkyl halides is 3. The van der Waals surface area contributed by atoms with E-state index in [2.05, 4.69) is 10.6 Å². The summed E-state index contributed by atoms with van der Waals surface area (Å²) >= 11 is 0. The molecule has 156 valence electrons. The lowest BCUT2D eigenvalue weighted by atomic mass is 9.96. The average molecular weight is 413 g/mol. The highest BCUT2D eigenvalue weighted by molar-refractivity contribution is 6.09. The first kappa shape index (κ1) is 20.6. The molecule has 1 heterocycles. The average Bonchev–Trinajstić information content (AvgIpc) is 3.46. The second kappa shape index (κ2) is 7.37. The first-order valence-corrected chi connectivity index (χ1v) is 8.77. The number of carbonyl (C=O) groups is 4. The van der Waals surface area contributed by atoms with E-state index in [1.807, 2.05) is 0 Å². The molecule has 1 aliphatic heterocycles. The molecule has 11 heteroatoms. The van der Waals surface area contributed by atoms with Crippen LogP contribution in [0.25, 0.3) is 0 Å². The van der Waals surface area contributed by atoms with Crippen LogP contribution >= 0.6 is 0 Å². The van der Waals surface area contributed by atoms with Crippen molar-refractivity contribution in [1.29, 1.82) is 0 Å². The Kier molecular flexibility index (Phi) is 5.24. The Morgan fingerprint density at radius 3 is 2.41 bits per heavy atom. The predicted molar refractivity (Wildman–Crippen MR) is 92.4 cm³/mol. The van der Waals surface area contributed by atoms with E-state index >= 15 is 0 Å².